The summed E-state index contributed by atoms with van der Waals surface area (Å²) in [6.45, 7) is 8.11. The van der Waals surface area contributed by atoms with Gasteiger partial charge in [-0.3, -0.25) is 0 Å². The Balaban J connectivity index is 1.28. The molecule has 0 aliphatic carbocycles. The van der Waals surface area contributed by atoms with E-state index in [4.69, 9.17) is 6.57 Å². The molecule has 4 nitrogen and oxygen atoms in total. The number of aromatic nitrogens is 2. The second-order valence-corrected chi connectivity index (χ2v) is 17.4. The van der Waals surface area contributed by atoms with E-state index < -0.39 is 11.7 Å². The fraction of sp³-hybridized carbons (Fsp3) is 0.0159. The van der Waals surface area contributed by atoms with Crippen LogP contribution in [0.15, 0.2) is 224 Å². The van der Waals surface area contributed by atoms with Crippen LogP contribution >= 0.6 is 0 Å². The van der Waals surface area contributed by atoms with Crippen molar-refractivity contribution in [3.8, 4) is 73.1 Å². The average Bonchev–Trinajstić information content (AvgIpc) is 3.92. The van der Waals surface area contributed by atoms with Gasteiger partial charge in [0, 0.05) is 32.7 Å². The Morgan fingerprint density at radius 1 is 0.386 bits per heavy atom. The number of halogens is 3. The normalized spacial score (nSPS) is 11.6. The van der Waals surface area contributed by atoms with Crippen LogP contribution in [-0.4, -0.2) is 9.13 Å². The third-order valence-electron chi connectivity index (χ3n) is 13.3. The lowest BCUT2D eigenvalue weighted by Gasteiger charge is -2.22. The third-order valence-corrected chi connectivity index (χ3v) is 13.3. The first-order valence-corrected chi connectivity index (χ1v) is 22.8. The minimum Gasteiger partial charge on any atom is -0.308 e. The van der Waals surface area contributed by atoms with E-state index >= 15 is 13.2 Å². The van der Waals surface area contributed by atoms with Crippen LogP contribution in [0.3, 0.4) is 0 Å². The number of hydrogen-bond donors (Lipinski definition) is 0. The number of nitrogens with zero attached hydrogens (tertiary/aromatic N) is 4. The average molecular weight is 907 g/mol. The maximum Gasteiger partial charge on any atom is 0.415 e. The molecule has 330 valence electrons. The lowest BCUT2D eigenvalue weighted by Crippen LogP contribution is -2.08. The highest BCUT2D eigenvalue weighted by molar-refractivity contribution is 6.14. The molecule has 0 saturated carbocycles. The fourth-order valence-electron chi connectivity index (χ4n) is 10.1. The number of nitriles is 1. The van der Waals surface area contributed by atoms with Gasteiger partial charge < -0.3 is 9.13 Å². The minimum absolute atomic E-state index is 0.161. The number of alkyl halides is 3. The summed E-state index contributed by atoms with van der Waals surface area (Å²) in [6, 6.07) is 75.0. The van der Waals surface area contributed by atoms with E-state index in [0.29, 0.717) is 22.5 Å². The second-order valence-electron chi connectivity index (χ2n) is 17.4. The third kappa shape index (κ3) is 7.17. The summed E-state index contributed by atoms with van der Waals surface area (Å²) in [6.07, 6.45) is -4.77. The molecule has 0 bridgehead atoms. The van der Waals surface area contributed by atoms with E-state index in [2.05, 4.69) is 92.8 Å². The Kier molecular flexibility index (Phi) is 10.0. The number of benzene rings is 10. The Morgan fingerprint density at radius 3 is 1.03 bits per heavy atom. The van der Waals surface area contributed by atoms with Gasteiger partial charge in [-0.1, -0.05) is 170 Å². The first-order chi connectivity index (χ1) is 34.2. The summed E-state index contributed by atoms with van der Waals surface area (Å²) in [4.78, 5) is 3.61. The first kappa shape index (κ1) is 42.0. The summed E-state index contributed by atoms with van der Waals surface area (Å²) >= 11 is 0. The maximum atomic E-state index is 15.2. The van der Waals surface area contributed by atoms with Gasteiger partial charge in [-0.05, 0) is 105 Å². The summed E-state index contributed by atoms with van der Waals surface area (Å²) in [7, 11) is 0. The molecule has 10 aromatic carbocycles. The molecular formula is C63H37F3N4. The molecule has 7 heteroatoms. The molecule has 0 fully saturated rings. The van der Waals surface area contributed by atoms with E-state index in [-0.39, 0.29) is 11.3 Å². The largest absolute Gasteiger partial charge is 0.415 e. The first-order valence-electron chi connectivity index (χ1n) is 22.8. The van der Waals surface area contributed by atoms with Gasteiger partial charge in [-0.25, -0.2) is 4.85 Å². The molecule has 0 spiro atoms. The van der Waals surface area contributed by atoms with E-state index in [1.165, 1.54) is 6.07 Å². The van der Waals surface area contributed by atoms with Crippen LogP contribution in [0, 0.1) is 17.9 Å². The molecule has 2 heterocycles. The van der Waals surface area contributed by atoms with E-state index in [1.54, 1.807) is 12.1 Å². The monoisotopic (exact) mass is 906 g/mol. The van der Waals surface area contributed by atoms with E-state index in [9.17, 15) is 5.26 Å². The number of hydrogen-bond acceptors (Lipinski definition) is 1. The molecule has 12 aromatic rings. The highest BCUT2D eigenvalue weighted by atomic mass is 19.4. The van der Waals surface area contributed by atoms with Crippen molar-refractivity contribution in [1.82, 2.24) is 9.13 Å². The van der Waals surface area contributed by atoms with Crippen molar-refractivity contribution in [2.24, 2.45) is 0 Å². The van der Waals surface area contributed by atoms with E-state index in [0.717, 1.165) is 100 Å². The van der Waals surface area contributed by atoms with Gasteiger partial charge in [0.1, 0.15) is 0 Å². The predicted octanol–water partition coefficient (Wildman–Crippen LogP) is 17.7. The summed E-state index contributed by atoms with van der Waals surface area (Å²) in [5.41, 5.74) is 11.6. The summed E-state index contributed by atoms with van der Waals surface area (Å²) in [5, 5.41) is 14.8. The smallest absolute Gasteiger partial charge is 0.308 e. The zero-order valence-corrected chi connectivity index (χ0v) is 37.3. The van der Waals surface area contributed by atoms with Crippen molar-refractivity contribution < 1.29 is 13.2 Å². The van der Waals surface area contributed by atoms with Crippen LogP contribution in [0.4, 0.5) is 18.9 Å². The van der Waals surface area contributed by atoms with Crippen molar-refractivity contribution in [1.29, 1.82) is 5.26 Å². The molecule has 0 N–H and O–H groups in total. The SMILES string of the molecule is [C-]#[N+]c1cc(-c2c(-n3c4cc(-c5ccccc5)ccc4c4ccc(-c5ccccc5)cc43)cc(C#N)cc2-n2c3cc(-c4ccccc4)ccc3c3ccc(-c4ccccc4)cc32)cc(C(F)(F)F)c1. The van der Waals surface area contributed by atoms with Gasteiger partial charge in [0.15, 0.2) is 5.69 Å². The highest BCUT2D eigenvalue weighted by Crippen LogP contribution is 2.47. The van der Waals surface area contributed by atoms with Crippen molar-refractivity contribution >= 4 is 49.3 Å². The topological polar surface area (TPSA) is 38.0 Å². The maximum absolute atomic E-state index is 15.2. The van der Waals surface area contributed by atoms with Gasteiger partial charge in [0.2, 0.25) is 0 Å². The van der Waals surface area contributed by atoms with Crippen molar-refractivity contribution in [3.05, 3.63) is 247 Å². The van der Waals surface area contributed by atoms with Crippen molar-refractivity contribution in [2.45, 2.75) is 6.18 Å². The molecule has 0 aliphatic heterocycles. The van der Waals surface area contributed by atoms with Crippen LogP contribution in [0.2, 0.25) is 0 Å². The quantitative estimate of drug-likeness (QED) is 0.147. The lowest BCUT2D eigenvalue weighted by molar-refractivity contribution is -0.137. The van der Waals surface area contributed by atoms with Gasteiger partial charge in [-0.2, -0.15) is 18.4 Å². The van der Waals surface area contributed by atoms with Crippen LogP contribution in [0.5, 0.6) is 0 Å². The Morgan fingerprint density at radius 2 is 0.729 bits per heavy atom. The van der Waals surface area contributed by atoms with E-state index in [1.807, 2.05) is 121 Å². The molecule has 0 radical (unpaired) electrons. The highest BCUT2D eigenvalue weighted by Gasteiger charge is 2.33. The number of rotatable bonds is 7. The predicted molar refractivity (Wildman–Crippen MR) is 278 cm³/mol. The van der Waals surface area contributed by atoms with Gasteiger partial charge in [-0.15, -0.1) is 0 Å². The second kappa shape index (κ2) is 16.7. The summed E-state index contributed by atoms with van der Waals surface area (Å²) in [5.74, 6) is 0. The van der Waals surface area contributed by atoms with Crippen molar-refractivity contribution in [2.75, 3.05) is 0 Å². The molecular weight excluding hydrogens is 870 g/mol. The zero-order chi connectivity index (χ0) is 47.5. The molecule has 0 unspecified atom stereocenters. The van der Waals surface area contributed by atoms with Crippen LogP contribution < -0.4 is 0 Å². The molecule has 0 saturated heterocycles. The lowest BCUT2D eigenvalue weighted by atomic mass is 9.95. The molecule has 70 heavy (non-hydrogen) atoms. The van der Waals surface area contributed by atoms with Crippen LogP contribution in [-0.2, 0) is 6.18 Å². The molecule has 0 atom stereocenters. The Hall–Kier alpha value is -9.43. The van der Waals surface area contributed by atoms with Crippen molar-refractivity contribution in [3.63, 3.8) is 0 Å². The van der Waals surface area contributed by atoms with Gasteiger partial charge >= 0.3 is 6.18 Å². The summed E-state index contributed by atoms with van der Waals surface area (Å²) < 4.78 is 49.7. The Labute approximate surface area is 401 Å². The molecule has 0 amide bonds. The fourth-order valence-corrected chi connectivity index (χ4v) is 10.1. The van der Waals surface area contributed by atoms with Gasteiger partial charge in [0.25, 0.3) is 0 Å². The number of fused-ring (bicyclic) bond motifs is 6. The Bertz CT molecular complexity index is 3690. The van der Waals surface area contributed by atoms with Crippen LogP contribution in [0.25, 0.3) is 115 Å². The molecule has 0 aliphatic rings. The molecule has 12 rings (SSSR count). The standard InChI is InChI=1S/C63H37F3N4/c1-68-51-33-49(32-50(38-51)63(64,65)66)62-60(69-56-34-45(41-14-6-2-7-15-41)22-26-52(56)53-27-23-46(35-57(53)69)42-16-8-3-9-17-42)30-40(39-67)31-61(62)70-58-36-47(43-18-10-4-11-19-43)24-28-54(58)55-29-25-48(37-59(55)70)44-20-12-5-13-21-44/h2-38H. The zero-order valence-electron chi connectivity index (χ0n) is 37.3. The molecule has 2 aromatic heterocycles. The van der Waals surface area contributed by atoms with Gasteiger partial charge in [0.05, 0.1) is 51.6 Å². The minimum atomic E-state index is -4.77. The van der Waals surface area contributed by atoms with Crippen LogP contribution in [0.1, 0.15) is 11.1 Å².